The van der Waals surface area contributed by atoms with Gasteiger partial charge in [0.15, 0.2) is 0 Å². The fraction of sp³-hybridized carbons (Fsp3) is 0.500. The highest BCUT2D eigenvalue weighted by molar-refractivity contribution is 5.99. The van der Waals surface area contributed by atoms with Crippen LogP contribution in [0.2, 0.25) is 0 Å². The summed E-state index contributed by atoms with van der Waals surface area (Å²) in [4.78, 5) is 14.5. The Morgan fingerprint density at radius 1 is 1.48 bits per heavy atom. The number of hydrogen-bond donors (Lipinski definition) is 0. The molecule has 2 aromatic rings. The van der Waals surface area contributed by atoms with E-state index in [2.05, 4.69) is 30.9 Å². The summed E-state index contributed by atoms with van der Waals surface area (Å²) in [6.07, 6.45) is 1.74. The van der Waals surface area contributed by atoms with Crippen molar-refractivity contribution >= 4 is 11.5 Å². The van der Waals surface area contributed by atoms with Gasteiger partial charge >= 0.3 is 5.97 Å². The van der Waals surface area contributed by atoms with Crippen molar-refractivity contribution in [2.75, 3.05) is 20.2 Å². The highest BCUT2D eigenvalue weighted by Gasteiger charge is 2.26. The van der Waals surface area contributed by atoms with Crippen LogP contribution in [0.15, 0.2) is 18.3 Å². The van der Waals surface area contributed by atoms with Crippen molar-refractivity contribution in [1.82, 2.24) is 14.5 Å². The van der Waals surface area contributed by atoms with Crippen LogP contribution in [0.3, 0.4) is 0 Å². The van der Waals surface area contributed by atoms with Gasteiger partial charge in [0.2, 0.25) is 0 Å². The van der Waals surface area contributed by atoms with Crippen LogP contribution >= 0.6 is 0 Å². The first-order valence-corrected chi connectivity index (χ1v) is 7.36. The second-order valence-electron chi connectivity index (χ2n) is 5.18. The fourth-order valence-corrected chi connectivity index (χ4v) is 2.67. The molecule has 0 saturated carbocycles. The molecule has 2 heterocycles. The number of carbonyl (C=O) groups excluding carboxylic acids is 1. The smallest absolute Gasteiger partial charge is 0.340 e. The lowest BCUT2D eigenvalue weighted by Gasteiger charge is -2.23. The molecule has 0 saturated heterocycles. The highest BCUT2D eigenvalue weighted by Crippen LogP contribution is 2.29. The molecule has 0 aliphatic carbocycles. The van der Waals surface area contributed by atoms with Crippen molar-refractivity contribution in [3.63, 3.8) is 0 Å². The van der Waals surface area contributed by atoms with Crippen molar-refractivity contribution in [2.24, 2.45) is 0 Å². The van der Waals surface area contributed by atoms with Crippen LogP contribution in [0.5, 0.6) is 0 Å². The van der Waals surface area contributed by atoms with Gasteiger partial charge < -0.3 is 4.74 Å². The fourth-order valence-electron chi connectivity index (χ4n) is 2.67. The summed E-state index contributed by atoms with van der Waals surface area (Å²) in [5.74, 6) is -0.280. The first kappa shape index (κ1) is 15.5. The molecule has 0 spiro atoms. The third-order valence-electron chi connectivity index (χ3n) is 4.03. The molecular formula is C16H23N3O2. The Hall–Kier alpha value is -1.88. The summed E-state index contributed by atoms with van der Waals surface area (Å²) < 4.78 is 7.06. The second kappa shape index (κ2) is 6.26. The SMILES string of the molecule is CCOC(=O)c1c(C)c(C(C)N(C)CC)n2ncccc12. The Morgan fingerprint density at radius 3 is 2.81 bits per heavy atom. The number of aromatic nitrogens is 2. The van der Waals surface area contributed by atoms with Crippen molar-refractivity contribution in [1.29, 1.82) is 0 Å². The number of nitrogens with zero attached hydrogens (tertiary/aromatic N) is 3. The van der Waals surface area contributed by atoms with Crippen LogP contribution in [-0.4, -0.2) is 40.7 Å². The van der Waals surface area contributed by atoms with Gasteiger partial charge in [-0.1, -0.05) is 6.92 Å². The first-order chi connectivity index (χ1) is 10.0. The van der Waals surface area contributed by atoms with E-state index in [1.165, 1.54) is 0 Å². The molecule has 2 rings (SSSR count). The number of ether oxygens (including phenoxy) is 1. The minimum atomic E-state index is -0.280. The zero-order valence-corrected chi connectivity index (χ0v) is 13.4. The minimum absolute atomic E-state index is 0.167. The van der Waals surface area contributed by atoms with Gasteiger partial charge in [0.05, 0.1) is 23.4 Å². The van der Waals surface area contributed by atoms with Crippen LogP contribution in [0.25, 0.3) is 5.52 Å². The maximum absolute atomic E-state index is 12.3. The maximum atomic E-state index is 12.3. The zero-order valence-electron chi connectivity index (χ0n) is 13.4. The van der Waals surface area contributed by atoms with Gasteiger partial charge in [-0.05, 0) is 52.1 Å². The average Bonchev–Trinajstić information content (AvgIpc) is 2.77. The Balaban J connectivity index is 2.66. The molecule has 21 heavy (non-hydrogen) atoms. The van der Waals surface area contributed by atoms with Gasteiger partial charge in [0.25, 0.3) is 0 Å². The van der Waals surface area contributed by atoms with E-state index in [9.17, 15) is 4.79 Å². The number of carbonyl (C=O) groups is 1. The summed E-state index contributed by atoms with van der Waals surface area (Å²) in [6, 6.07) is 3.92. The highest BCUT2D eigenvalue weighted by atomic mass is 16.5. The van der Waals surface area contributed by atoms with E-state index in [4.69, 9.17) is 4.74 Å². The van der Waals surface area contributed by atoms with Crippen LogP contribution in [0.1, 0.15) is 48.4 Å². The van der Waals surface area contributed by atoms with Crippen LogP contribution in [0, 0.1) is 6.92 Å². The number of esters is 1. The van der Waals surface area contributed by atoms with E-state index in [0.717, 1.165) is 23.3 Å². The van der Waals surface area contributed by atoms with E-state index in [1.54, 1.807) is 6.20 Å². The Kier molecular flexibility index (Phi) is 4.63. The zero-order chi connectivity index (χ0) is 15.6. The summed E-state index contributed by atoms with van der Waals surface area (Å²) in [6.45, 7) is 9.32. The second-order valence-corrected chi connectivity index (χ2v) is 5.18. The molecule has 0 aliphatic rings. The van der Waals surface area contributed by atoms with Crippen molar-refractivity contribution in [3.05, 3.63) is 35.2 Å². The normalized spacial score (nSPS) is 12.9. The molecule has 0 bridgehead atoms. The summed E-state index contributed by atoms with van der Waals surface area (Å²) in [5.41, 5.74) is 3.41. The average molecular weight is 289 g/mol. The molecule has 5 nitrogen and oxygen atoms in total. The molecule has 5 heteroatoms. The Bertz CT molecular complexity index is 648. The number of hydrogen-bond acceptors (Lipinski definition) is 4. The Morgan fingerprint density at radius 2 is 2.19 bits per heavy atom. The summed E-state index contributed by atoms with van der Waals surface area (Å²) in [5, 5.41) is 4.43. The van der Waals surface area contributed by atoms with E-state index in [0.29, 0.717) is 12.2 Å². The van der Waals surface area contributed by atoms with Crippen LogP contribution in [0.4, 0.5) is 0 Å². The van der Waals surface area contributed by atoms with E-state index in [-0.39, 0.29) is 12.0 Å². The van der Waals surface area contributed by atoms with Gasteiger partial charge in [0.1, 0.15) is 0 Å². The minimum Gasteiger partial charge on any atom is -0.462 e. The van der Waals surface area contributed by atoms with E-state index >= 15 is 0 Å². The third kappa shape index (κ3) is 2.65. The lowest BCUT2D eigenvalue weighted by molar-refractivity contribution is 0.0528. The van der Waals surface area contributed by atoms with Crippen LogP contribution < -0.4 is 0 Å². The molecule has 0 aromatic carbocycles. The van der Waals surface area contributed by atoms with Gasteiger partial charge in [0, 0.05) is 12.2 Å². The summed E-state index contributed by atoms with van der Waals surface area (Å²) in [7, 11) is 2.07. The molecule has 0 radical (unpaired) electrons. The number of fused-ring (bicyclic) bond motifs is 1. The van der Waals surface area contributed by atoms with Gasteiger partial charge in [-0.25, -0.2) is 9.31 Å². The lowest BCUT2D eigenvalue weighted by atomic mass is 10.1. The van der Waals surface area contributed by atoms with Gasteiger partial charge in [-0.15, -0.1) is 0 Å². The standard InChI is InChI=1S/C16H23N3O2/c1-6-18(5)12(4)15-11(3)14(16(20)21-7-2)13-9-8-10-17-19(13)15/h8-10,12H,6-7H2,1-5H3. The van der Waals surface area contributed by atoms with Crippen LogP contribution in [-0.2, 0) is 4.74 Å². The largest absolute Gasteiger partial charge is 0.462 e. The quantitative estimate of drug-likeness (QED) is 0.794. The molecule has 1 unspecified atom stereocenters. The molecular weight excluding hydrogens is 266 g/mol. The Labute approximate surface area is 125 Å². The molecule has 0 aliphatic heterocycles. The molecule has 1 atom stereocenters. The van der Waals surface area contributed by atoms with Crippen molar-refractivity contribution in [2.45, 2.75) is 33.7 Å². The molecule has 0 N–H and O–H groups in total. The molecule has 114 valence electrons. The van der Waals surface area contributed by atoms with E-state index in [1.807, 2.05) is 30.5 Å². The van der Waals surface area contributed by atoms with E-state index < -0.39 is 0 Å². The van der Waals surface area contributed by atoms with Gasteiger partial charge in [-0.2, -0.15) is 5.10 Å². The molecule has 0 amide bonds. The summed E-state index contributed by atoms with van der Waals surface area (Å²) >= 11 is 0. The van der Waals surface area contributed by atoms with Crippen molar-refractivity contribution < 1.29 is 9.53 Å². The van der Waals surface area contributed by atoms with Gasteiger partial charge in [-0.3, -0.25) is 4.90 Å². The topological polar surface area (TPSA) is 46.8 Å². The predicted octanol–water partition coefficient (Wildman–Crippen LogP) is 2.83. The predicted molar refractivity (Wildman–Crippen MR) is 82.6 cm³/mol. The lowest BCUT2D eigenvalue weighted by Crippen LogP contribution is -2.24. The maximum Gasteiger partial charge on any atom is 0.340 e. The monoisotopic (exact) mass is 289 g/mol. The first-order valence-electron chi connectivity index (χ1n) is 7.36. The molecule has 0 fully saturated rings. The third-order valence-corrected chi connectivity index (χ3v) is 4.03. The number of rotatable bonds is 5. The molecule has 2 aromatic heterocycles. The van der Waals surface area contributed by atoms with Crippen molar-refractivity contribution in [3.8, 4) is 0 Å².